The summed E-state index contributed by atoms with van der Waals surface area (Å²) in [6, 6.07) is 11.8. The summed E-state index contributed by atoms with van der Waals surface area (Å²) in [4.78, 5) is 19.3. The first kappa shape index (κ1) is 19.0. The average Bonchev–Trinajstić information content (AvgIpc) is 2.62. The molecule has 1 N–H and O–H groups in total. The van der Waals surface area contributed by atoms with Crippen LogP contribution in [0.5, 0.6) is 0 Å². The molecule has 2 aromatic rings. The van der Waals surface area contributed by atoms with E-state index in [1.807, 2.05) is 36.4 Å². The summed E-state index contributed by atoms with van der Waals surface area (Å²) in [5.74, 6) is 0.184. The van der Waals surface area contributed by atoms with Gasteiger partial charge in [-0.15, -0.1) is 0 Å². The highest BCUT2D eigenvalue weighted by Gasteiger charge is 2.14. The predicted octanol–water partition coefficient (Wildman–Crippen LogP) is 5.08. The number of anilines is 2. The fraction of sp³-hybridized carbons (Fsp3) is 0.429. The van der Waals surface area contributed by atoms with Crippen LogP contribution >= 0.6 is 0 Å². The van der Waals surface area contributed by atoms with Gasteiger partial charge in [0.1, 0.15) is 5.69 Å². The Labute approximate surface area is 151 Å². The Balaban J connectivity index is 2.21. The van der Waals surface area contributed by atoms with Gasteiger partial charge in [-0.2, -0.15) is 0 Å². The van der Waals surface area contributed by atoms with Crippen molar-refractivity contribution in [3.63, 3.8) is 0 Å². The van der Waals surface area contributed by atoms with Gasteiger partial charge in [0.15, 0.2) is 0 Å². The second-order valence-electron chi connectivity index (χ2n) is 6.58. The Bertz CT molecular complexity index is 691. The van der Waals surface area contributed by atoms with Crippen LogP contribution in [0.2, 0.25) is 0 Å². The van der Waals surface area contributed by atoms with Crippen molar-refractivity contribution >= 4 is 17.3 Å². The molecule has 134 valence electrons. The number of nitrogens with zero attached hydrogens (tertiary/aromatic N) is 2. The number of rotatable bonds is 8. The molecule has 1 amide bonds. The molecule has 0 fully saturated rings. The molecule has 0 spiro atoms. The number of carbonyl (C=O) groups is 1. The highest BCUT2D eigenvalue weighted by atomic mass is 16.1. The molecule has 1 aromatic carbocycles. The molecule has 1 aromatic heterocycles. The molecule has 0 aliphatic carbocycles. The Morgan fingerprint density at radius 1 is 1.12 bits per heavy atom. The van der Waals surface area contributed by atoms with Gasteiger partial charge < -0.3 is 10.2 Å². The number of pyridine rings is 1. The SMILES string of the molecule is CCCN(CCC)c1ccnc(C(=O)Nc2ccccc2C(C)C)c1. The number of para-hydroxylation sites is 1. The molecule has 4 heteroatoms. The fourth-order valence-corrected chi connectivity index (χ4v) is 2.95. The van der Waals surface area contributed by atoms with Gasteiger partial charge >= 0.3 is 0 Å². The summed E-state index contributed by atoms with van der Waals surface area (Å²) in [6.07, 6.45) is 3.87. The average molecular weight is 339 g/mol. The molecule has 1 heterocycles. The summed E-state index contributed by atoms with van der Waals surface area (Å²) in [5, 5.41) is 3.02. The first-order valence-corrected chi connectivity index (χ1v) is 9.18. The molecule has 0 radical (unpaired) electrons. The van der Waals surface area contributed by atoms with E-state index in [9.17, 15) is 4.79 Å². The lowest BCUT2D eigenvalue weighted by atomic mass is 10.0. The quantitative estimate of drug-likeness (QED) is 0.729. The van der Waals surface area contributed by atoms with Crippen molar-refractivity contribution in [2.45, 2.75) is 46.5 Å². The van der Waals surface area contributed by atoms with E-state index in [1.54, 1.807) is 6.20 Å². The summed E-state index contributed by atoms with van der Waals surface area (Å²) in [7, 11) is 0. The van der Waals surface area contributed by atoms with Crippen LogP contribution < -0.4 is 10.2 Å². The lowest BCUT2D eigenvalue weighted by molar-refractivity contribution is 0.102. The van der Waals surface area contributed by atoms with E-state index >= 15 is 0 Å². The van der Waals surface area contributed by atoms with E-state index in [4.69, 9.17) is 0 Å². The van der Waals surface area contributed by atoms with Crippen molar-refractivity contribution in [3.8, 4) is 0 Å². The van der Waals surface area contributed by atoms with E-state index in [-0.39, 0.29) is 5.91 Å². The van der Waals surface area contributed by atoms with Crippen molar-refractivity contribution in [1.29, 1.82) is 0 Å². The minimum Gasteiger partial charge on any atom is -0.371 e. The number of carbonyl (C=O) groups excluding carboxylic acids is 1. The molecule has 0 saturated heterocycles. The second-order valence-corrected chi connectivity index (χ2v) is 6.58. The largest absolute Gasteiger partial charge is 0.371 e. The summed E-state index contributed by atoms with van der Waals surface area (Å²) in [6.45, 7) is 10.5. The third-order valence-electron chi connectivity index (χ3n) is 4.16. The summed E-state index contributed by atoms with van der Waals surface area (Å²) in [5.41, 5.74) is 3.49. The summed E-state index contributed by atoms with van der Waals surface area (Å²) >= 11 is 0. The number of hydrogen-bond acceptors (Lipinski definition) is 3. The van der Waals surface area contributed by atoms with E-state index in [0.29, 0.717) is 11.6 Å². The van der Waals surface area contributed by atoms with Crippen LogP contribution in [0.25, 0.3) is 0 Å². The topological polar surface area (TPSA) is 45.2 Å². The first-order chi connectivity index (χ1) is 12.1. The molecule has 0 aliphatic rings. The van der Waals surface area contributed by atoms with Crippen LogP contribution in [0.3, 0.4) is 0 Å². The third kappa shape index (κ3) is 5.05. The Hall–Kier alpha value is -2.36. The smallest absolute Gasteiger partial charge is 0.274 e. The number of nitrogens with one attached hydrogen (secondary N) is 1. The molecule has 2 rings (SSSR count). The minimum atomic E-state index is -0.164. The van der Waals surface area contributed by atoms with E-state index in [0.717, 1.165) is 42.9 Å². The van der Waals surface area contributed by atoms with Crippen LogP contribution in [-0.4, -0.2) is 24.0 Å². The molecule has 0 unspecified atom stereocenters. The number of amides is 1. The lowest BCUT2D eigenvalue weighted by Gasteiger charge is -2.24. The minimum absolute atomic E-state index is 0.164. The first-order valence-electron chi connectivity index (χ1n) is 9.18. The maximum absolute atomic E-state index is 12.7. The van der Waals surface area contributed by atoms with Crippen molar-refractivity contribution in [1.82, 2.24) is 4.98 Å². The van der Waals surface area contributed by atoms with Crippen LogP contribution in [0.15, 0.2) is 42.6 Å². The maximum atomic E-state index is 12.7. The number of benzene rings is 1. The highest BCUT2D eigenvalue weighted by molar-refractivity contribution is 6.03. The zero-order valence-corrected chi connectivity index (χ0v) is 15.7. The Morgan fingerprint density at radius 2 is 1.80 bits per heavy atom. The molecule has 0 saturated carbocycles. The van der Waals surface area contributed by atoms with Gasteiger partial charge in [-0.1, -0.05) is 45.9 Å². The zero-order valence-electron chi connectivity index (χ0n) is 15.7. The third-order valence-corrected chi connectivity index (χ3v) is 4.16. The summed E-state index contributed by atoms with van der Waals surface area (Å²) < 4.78 is 0. The second kappa shape index (κ2) is 9.21. The van der Waals surface area contributed by atoms with Gasteiger partial charge in [0, 0.05) is 30.7 Å². The van der Waals surface area contributed by atoms with Gasteiger partial charge in [-0.25, -0.2) is 0 Å². The van der Waals surface area contributed by atoms with Crippen molar-refractivity contribution in [2.75, 3.05) is 23.3 Å². The van der Waals surface area contributed by atoms with Gasteiger partial charge in [0.2, 0.25) is 0 Å². The molecular formula is C21H29N3O. The number of hydrogen-bond donors (Lipinski definition) is 1. The normalized spacial score (nSPS) is 10.8. The van der Waals surface area contributed by atoms with Crippen LogP contribution in [0.4, 0.5) is 11.4 Å². The van der Waals surface area contributed by atoms with Crippen molar-refractivity contribution in [3.05, 3.63) is 53.9 Å². The van der Waals surface area contributed by atoms with Gasteiger partial charge in [0.25, 0.3) is 5.91 Å². The van der Waals surface area contributed by atoms with Gasteiger partial charge in [0.05, 0.1) is 0 Å². The zero-order chi connectivity index (χ0) is 18.2. The Morgan fingerprint density at radius 3 is 2.44 bits per heavy atom. The lowest BCUT2D eigenvalue weighted by Crippen LogP contribution is -2.25. The number of aromatic nitrogens is 1. The maximum Gasteiger partial charge on any atom is 0.274 e. The van der Waals surface area contributed by atoms with Crippen LogP contribution in [0, 0.1) is 0 Å². The fourth-order valence-electron chi connectivity index (χ4n) is 2.95. The molecule has 0 aliphatic heterocycles. The standard InChI is InChI=1S/C21H29N3O/c1-5-13-24(14-6-2)17-11-12-22-20(15-17)21(25)23-19-10-8-7-9-18(19)16(3)4/h7-12,15-16H,5-6,13-14H2,1-4H3,(H,23,25). The molecule has 25 heavy (non-hydrogen) atoms. The molecule has 0 bridgehead atoms. The molecule has 0 atom stereocenters. The Kier molecular flexibility index (Phi) is 6.99. The highest BCUT2D eigenvalue weighted by Crippen LogP contribution is 2.24. The van der Waals surface area contributed by atoms with Crippen LogP contribution in [0.1, 0.15) is 62.5 Å². The monoisotopic (exact) mass is 339 g/mol. The van der Waals surface area contributed by atoms with Crippen molar-refractivity contribution in [2.24, 2.45) is 0 Å². The van der Waals surface area contributed by atoms with Crippen molar-refractivity contribution < 1.29 is 4.79 Å². The van der Waals surface area contributed by atoms with Gasteiger partial charge in [-0.3, -0.25) is 9.78 Å². The van der Waals surface area contributed by atoms with Crippen LogP contribution in [-0.2, 0) is 0 Å². The van der Waals surface area contributed by atoms with E-state index in [1.165, 1.54) is 0 Å². The van der Waals surface area contributed by atoms with E-state index in [2.05, 4.69) is 42.9 Å². The van der Waals surface area contributed by atoms with Gasteiger partial charge in [-0.05, 0) is 42.5 Å². The molecular weight excluding hydrogens is 310 g/mol. The predicted molar refractivity (Wildman–Crippen MR) is 106 cm³/mol. The molecule has 4 nitrogen and oxygen atoms in total. The van der Waals surface area contributed by atoms with E-state index < -0.39 is 0 Å².